The fourth-order valence-corrected chi connectivity index (χ4v) is 1.37. The summed E-state index contributed by atoms with van der Waals surface area (Å²) in [5.74, 6) is -0.375. The molecule has 0 fully saturated rings. The van der Waals surface area contributed by atoms with Gasteiger partial charge in [-0.05, 0) is 27.6 Å². The maximum Gasteiger partial charge on any atom is 0.335 e. The van der Waals surface area contributed by atoms with Gasteiger partial charge in [-0.15, -0.1) is 0 Å². The zero-order valence-electron chi connectivity index (χ0n) is 8.57. The van der Waals surface area contributed by atoms with E-state index < -0.39 is 6.10 Å². The lowest BCUT2D eigenvalue weighted by molar-refractivity contribution is -0.152. The molecule has 0 aromatic carbocycles. The Morgan fingerprint density at radius 3 is 2.73 bits per heavy atom. The second-order valence-corrected chi connectivity index (χ2v) is 3.75. The Bertz CT molecular complexity index is 326. The zero-order chi connectivity index (χ0) is 11.3. The van der Waals surface area contributed by atoms with Crippen molar-refractivity contribution in [2.75, 3.05) is 14.2 Å². The van der Waals surface area contributed by atoms with E-state index in [0.717, 1.165) is 10.2 Å². The first-order valence-corrected chi connectivity index (χ1v) is 5.17. The maximum absolute atomic E-state index is 11.2. The topological polar surface area (TPSA) is 48.4 Å². The highest BCUT2D eigenvalue weighted by atomic mass is 79.9. The number of hydrogen-bond donors (Lipinski definition) is 0. The number of pyridine rings is 1. The smallest absolute Gasteiger partial charge is 0.335 e. The molecule has 0 aliphatic rings. The van der Waals surface area contributed by atoms with Crippen LogP contribution in [0.15, 0.2) is 22.9 Å². The maximum atomic E-state index is 11.2. The van der Waals surface area contributed by atoms with E-state index in [1.807, 2.05) is 12.1 Å². The van der Waals surface area contributed by atoms with Crippen molar-refractivity contribution >= 4 is 21.9 Å². The second kappa shape index (κ2) is 5.82. The molecule has 1 rings (SSSR count). The number of hydrogen-bond acceptors (Lipinski definition) is 4. The minimum absolute atomic E-state index is 0.375. The number of methoxy groups -OCH3 is 2. The lowest BCUT2D eigenvalue weighted by Gasteiger charge is -2.12. The van der Waals surface area contributed by atoms with Gasteiger partial charge in [0.15, 0.2) is 6.10 Å². The second-order valence-electron chi connectivity index (χ2n) is 2.94. The van der Waals surface area contributed by atoms with Crippen molar-refractivity contribution in [2.45, 2.75) is 12.5 Å². The number of rotatable bonds is 4. The lowest BCUT2D eigenvalue weighted by Crippen LogP contribution is -2.26. The molecule has 5 heteroatoms. The first-order valence-electron chi connectivity index (χ1n) is 4.38. The standard InChI is InChI=1S/C10H12BrNO3/c1-14-8(10(13)15-2)5-7-3-4-9(11)12-6-7/h3-4,6,8H,5H2,1-2H3. The summed E-state index contributed by atoms with van der Waals surface area (Å²) in [5, 5.41) is 0. The van der Waals surface area contributed by atoms with E-state index in [0.29, 0.717) is 6.42 Å². The third kappa shape index (κ3) is 3.60. The van der Waals surface area contributed by atoms with E-state index in [9.17, 15) is 4.79 Å². The Morgan fingerprint density at radius 1 is 1.53 bits per heavy atom. The van der Waals surface area contributed by atoms with Crippen LogP contribution >= 0.6 is 15.9 Å². The molecule has 1 atom stereocenters. The van der Waals surface area contributed by atoms with Crippen LogP contribution in [0.3, 0.4) is 0 Å². The summed E-state index contributed by atoms with van der Waals surface area (Å²) in [6.45, 7) is 0. The van der Waals surface area contributed by atoms with Gasteiger partial charge in [-0.2, -0.15) is 0 Å². The van der Waals surface area contributed by atoms with Crippen molar-refractivity contribution < 1.29 is 14.3 Å². The van der Waals surface area contributed by atoms with E-state index in [2.05, 4.69) is 25.7 Å². The highest BCUT2D eigenvalue weighted by Crippen LogP contribution is 2.10. The molecule has 0 saturated carbocycles. The molecule has 15 heavy (non-hydrogen) atoms. The minimum atomic E-state index is -0.571. The molecule has 1 aromatic heterocycles. The Balaban J connectivity index is 2.66. The van der Waals surface area contributed by atoms with Crippen LogP contribution in [0.25, 0.3) is 0 Å². The minimum Gasteiger partial charge on any atom is -0.467 e. The molecule has 0 saturated heterocycles. The Kier molecular flexibility index (Phi) is 4.71. The summed E-state index contributed by atoms with van der Waals surface area (Å²) in [6, 6.07) is 3.70. The third-order valence-corrected chi connectivity index (χ3v) is 2.43. The molecule has 0 radical (unpaired) electrons. The van der Waals surface area contributed by atoms with Gasteiger partial charge in [0.25, 0.3) is 0 Å². The molecule has 82 valence electrons. The van der Waals surface area contributed by atoms with Gasteiger partial charge in [-0.3, -0.25) is 0 Å². The van der Waals surface area contributed by atoms with Crippen LogP contribution in [0.5, 0.6) is 0 Å². The monoisotopic (exact) mass is 273 g/mol. The van der Waals surface area contributed by atoms with Crippen LogP contribution in [-0.2, 0) is 20.7 Å². The van der Waals surface area contributed by atoms with Crippen LogP contribution in [0.4, 0.5) is 0 Å². The molecule has 1 heterocycles. The largest absolute Gasteiger partial charge is 0.467 e. The number of nitrogens with zero attached hydrogens (tertiary/aromatic N) is 1. The predicted octanol–water partition coefficient (Wildman–Crippen LogP) is 1.57. The highest BCUT2D eigenvalue weighted by molar-refractivity contribution is 9.10. The van der Waals surface area contributed by atoms with E-state index in [-0.39, 0.29) is 5.97 Å². The fourth-order valence-electron chi connectivity index (χ4n) is 1.14. The highest BCUT2D eigenvalue weighted by Gasteiger charge is 2.18. The van der Waals surface area contributed by atoms with Gasteiger partial charge in [0.1, 0.15) is 4.60 Å². The summed E-state index contributed by atoms with van der Waals surface area (Å²) in [7, 11) is 2.82. The van der Waals surface area contributed by atoms with Gasteiger partial charge < -0.3 is 9.47 Å². The van der Waals surface area contributed by atoms with Gasteiger partial charge in [0.2, 0.25) is 0 Å². The van der Waals surface area contributed by atoms with Gasteiger partial charge in [-0.25, -0.2) is 9.78 Å². The summed E-state index contributed by atoms with van der Waals surface area (Å²) in [6.07, 6.45) is 1.58. The van der Waals surface area contributed by atoms with Crippen molar-refractivity contribution in [2.24, 2.45) is 0 Å². The van der Waals surface area contributed by atoms with E-state index >= 15 is 0 Å². The van der Waals surface area contributed by atoms with Crippen LogP contribution in [0.2, 0.25) is 0 Å². The van der Waals surface area contributed by atoms with Gasteiger partial charge in [0, 0.05) is 19.7 Å². The van der Waals surface area contributed by atoms with Crippen molar-refractivity contribution in [1.82, 2.24) is 4.98 Å². The summed E-state index contributed by atoms with van der Waals surface area (Å²) >= 11 is 3.24. The van der Waals surface area contributed by atoms with Gasteiger partial charge in [0.05, 0.1) is 7.11 Å². The number of carbonyl (C=O) groups is 1. The summed E-state index contributed by atoms with van der Waals surface area (Å²) < 4.78 is 10.4. The molecule has 0 amide bonds. The number of esters is 1. The lowest BCUT2D eigenvalue weighted by atomic mass is 10.1. The molecule has 0 aliphatic carbocycles. The molecule has 1 aromatic rings. The molecule has 0 N–H and O–H groups in total. The Morgan fingerprint density at radius 2 is 2.27 bits per heavy atom. The normalized spacial score (nSPS) is 12.2. The van der Waals surface area contributed by atoms with Crippen molar-refractivity contribution in [1.29, 1.82) is 0 Å². The first-order chi connectivity index (χ1) is 7.17. The van der Waals surface area contributed by atoms with E-state index in [4.69, 9.17) is 4.74 Å². The molecule has 4 nitrogen and oxygen atoms in total. The van der Waals surface area contributed by atoms with Crippen molar-refractivity contribution in [3.63, 3.8) is 0 Å². The molecular formula is C10H12BrNO3. The van der Waals surface area contributed by atoms with E-state index in [1.165, 1.54) is 14.2 Å². The molecular weight excluding hydrogens is 262 g/mol. The van der Waals surface area contributed by atoms with Gasteiger partial charge in [-0.1, -0.05) is 6.07 Å². The third-order valence-electron chi connectivity index (χ3n) is 1.96. The molecule has 0 bridgehead atoms. The number of carbonyl (C=O) groups excluding carboxylic acids is 1. The summed E-state index contributed by atoms with van der Waals surface area (Å²) in [4.78, 5) is 15.3. The number of ether oxygens (including phenoxy) is 2. The van der Waals surface area contributed by atoms with Crippen LogP contribution < -0.4 is 0 Å². The van der Waals surface area contributed by atoms with Crippen LogP contribution in [0.1, 0.15) is 5.56 Å². The molecule has 1 unspecified atom stereocenters. The van der Waals surface area contributed by atoms with Crippen molar-refractivity contribution in [3.05, 3.63) is 28.5 Å². The fraction of sp³-hybridized carbons (Fsp3) is 0.400. The number of aromatic nitrogens is 1. The molecule has 0 spiro atoms. The quantitative estimate of drug-likeness (QED) is 0.617. The van der Waals surface area contributed by atoms with Crippen molar-refractivity contribution in [3.8, 4) is 0 Å². The molecule has 0 aliphatic heterocycles. The zero-order valence-corrected chi connectivity index (χ0v) is 10.2. The number of halogens is 1. The SMILES string of the molecule is COC(=O)C(Cc1ccc(Br)nc1)OC. The van der Waals surface area contributed by atoms with Crippen LogP contribution in [0, 0.1) is 0 Å². The summed E-state index contributed by atoms with van der Waals surface area (Å²) in [5.41, 5.74) is 0.926. The first kappa shape index (κ1) is 12.1. The Hall–Kier alpha value is -0.940. The van der Waals surface area contributed by atoms with Gasteiger partial charge >= 0.3 is 5.97 Å². The predicted molar refractivity (Wildman–Crippen MR) is 58.5 cm³/mol. The Labute approximate surface area is 96.7 Å². The average Bonchev–Trinajstić information content (AvgIpc) is 2.27. The van der Waals surface area contributed by atoms with E-state index in [1.54, 1.807) is 6.20 Å². The van der Waals surface area contributed by atoms with Crippen LogP contribution in [-0.4, -0.2) is 31.3 Å². The average molecular weight is 274 g/mol.